The van der Waals surface area contributed by atoms with Gasteiger partial charge in [0.2, 0.25) is 0 Å². The minimum atomic E-state index is -0.493. The van der Waals surface area contributed by atoms with Crippen molar-refractivity contribution in [2.24, 2.45) is 0 Å². The standard InChI is InChI=1S/C24H23FN2O5S/c1-30-23(28)22-20(7-10-33-22)26-24(29)27-8-9-32-21-6-5-17(11-18(21)13-27)15-31-14-16-3-2-4-19(25)12-16/h2-7,10-12H,8-9,13-15H2,1H3,(H,26,29). The molecule has 4 rings (SSSR count). The number of thiophene rings is 1. The van der Waals surface area contributed by atoms with E-state index in [4.69, 9.17) is 14.2 Å². The molecule has 2 amide bonds. The topological polar surface area (TPSA) is 77.1 Å². The predicted molar refractivity (Wildman–Crippen MR) is 122 cm³/mol. The number of methoxy groups -OCH3 is 1. The van der Waals surface area contributed by atoms with Crippen LogP contribution in [0.15, 0.2) is 53.9 Å². The summed E-state index contributed by atoms with van der Waals surface area (Å²) in [6.45, 7) is 1.72. The van der Waals surface area contributed by atoms with Gasteiger partial charge in [-0.25, -0.2) is 14.0 Å². The quantitative estimate of drug-likeness (QED) is 0.523. The number of benzene rings is 2. The van der Waals surface area contributed by atoms with E-state index in [1.807, 2.05) is 24.3 Å². The van der Waals surface area contributed by atoms with E-state index in [1.165, 1.54) is 30.6 Å². The van der Waals surface area contributed by atoms with Crippen molar-refractivity contribution in [2.45, 2.75) is 19.8 Å². The van der Waals surface area contributed by atoms with Crippen LogP contribution in [0.1, 0.15) is 26.4 Å². The summed E-state index contributed by atoms with van der Waals surface area (Å²) in [7, 11) is 1.30. The number of carbonyl (C=O) groups excluding carboxylic acids is 2. The molecular weight excluding hydrogens is 447 g/mol. The van der Waals surface area contributed by atoms with Crippen molar-refractivity contribution >= 4 is 29.0 Å². The van der Waals surface area contributed by atoms with Crippen molar-refractivity contribution in [2.75, 3.05) is 25.6 Å². The highest BCUT2D eigenvalue weighted by molar-refractivity contribution is 7.12. The highest BCUT2D eigenvalue weighted by Crippen LogP contribution is 2.27. The summed E-state index contributed by atoms with van der Waals surface area (Å²) >= 11 is 1.21. The van der Waals surface area contributed by atoms with Crippen molar-refractivity contribution in [3.05, 3.63) is 81.3 Å². The molecule has 0 saturated carbocycles. The lowest BCUT2D eigenvalue weighted by Gasteiger charge is -2.20. The molecule has 0 unspecified atom stereocenters. The summed E-state index contributed by atoms with van der Waals surface area (Å²) < 4.78 is 29.6. The molecule has 0 atom stereocenters. The van der Waals surface area contributed by atoms with Crippen LogP contribution in [0.3, 0.4) is 0 Å². The predicted octanol–water partition coefficient (Wildman–Crippen LogP) is 4.82. The molecule has 2 aromatic carbocycles. The van der Waals surface area contributed by atoms with Gasteiger partial charge in [-0.1, -0.05) is 18.2 Å². The van der Waals surface area contributed by atoms with Gasteiger partial charge in [0, 0.05) is 5.56 Å². The minimum absolute atomic E-state index is 0.294. The molecular formula is C24H23FN2O5S. The maximum Gasteiger partial charge on any atom is 0.350 e. The fourth-order valence-corrected chi connectivity index (χ4v) is 4.24. The Balaban J connectivity index is 1.40. The van der Waals surface area contributed by atoms with E-state index >= 15 is 0 Å². The lowest BCUT2D eigenvalue weighted by Crippen LogP contribution is -2.36. The number of hydrogen-bond donors (Lipinski definition) is 1. The molecule has 9 heteroatoms. The Morgan fingerprint density at radius 2 is 1.97 bits per heavy atom. The first-order valence-corrected chi connectivity index (χ1v) is 11.2. The summed E-state index contributed by atoms with van der Waals surface area (Å²) in [5.74, 6) is -0.0736. The van der Waals surface area contributed by atoms with Crippen LogP contribution in [0.5, 0.6) is 5.75 Å². The van der Waals surface area contributed by atoms with Gasteiger partial charge in [0.25, 0.3) is 0 Å². The molecule has 0 spiro atoms. The number of ether oxygens (including phenoxy) is 3. The number of amides is 2. The van der Waals surface area contributed by atoms with Crippen molar-refractivity contribution in [1.29, 1.82) is 0 Å². The van der Waals surface area contributed by atoms with E-state index in [0.29, 0.717) is 49.2 Å². The van der Waals surface area contributed by atoms with Crippen LogP contribution in [0.2, 0.25) is 0 Å². The lowest BCUT2D eigenvalue weighted by atomic mass is 10.1. The number of anilines is 1. The van der Waals surface area contributed by atoms with Crippen LogP contribution in [-0.2, 0) is 29.2 Å². The van der Waals surface area contributed by atoms with Gasteiger partial charge >= 0.3 is 12.0 Å². The van der Waals surface area contributed by atoms with Crippen LogP contribution < -0.4 is 10.1 Å². The average molecular weight is 471 g/mol. The number of rotatable bonds is 6. The van der Waals surface area contributed by atoms with Gasteiger partial charge in [-0.15, -0.1) is 11.3 Å². The van der Waals surface area contributed by atoms with E-state index in [1.54, 1.807) is 22.4 Å². The third-order valence-electron chi connectivity index (χ3n) is 5.10. The zero-order valence-corrected chi connectivity index (χ0v) is 18.8. The fourth-order valence-electron chi connectivity index (χ4n) is 3.48. The molecule has 2 heterocycles. The molecule has 1 N–H and O–H groups in total. The zero-order chi connectivity index (χ0) is 23.2. The summed E-state index contributed by atoms with van der Waals surface area (Å²) in [6, 6.07) is 13.4. The first-order valence-electron chi connectivity index (χ1n) is 10.3. The Hall–Kier alpha value is -3.43. The van der Waals surface area contributed by atoms with E-state index in [2.05, 4.69) is 5.32 Å². The fraction of sp³-hybridized carbons (Fsp3) is 0.250. The smallest absolute Gasteiger partial charge is 0.350 e. The van der Waals surface area contributed by atoms with Crippen LogP contribution >= 0.6 is 11.3 Å². The van der Waals surface area contributed by atoms with E-state index in [-0.39, 0.29) is 11.8 Å². The lowest BCUT2D eigenvalue weighted by molar-refractivity contribution is 0.0607. The largest absolute Gasteiger partial charge is 0.491 e. The number of urea groups is 1. The SMILES string of the molecule is COC(=O)c1sccc1NC(=O)N1CCOc2ccc(COCc3cccc(F)c3)cc2C1. The zero-order valence-electron chi connectivity index (χ0n) is 18.0. The first-order chi connectivity index (χ1) is 16.0. The van der Waals surface area contributed by atoms with Crippen molar-refractivity contribution in [3.63, 3.8) is 0 Å². The third kappa shape index (κ3) is 5.68. The highest BCUT2D eigenvalue weighted by atomic mass is 32.1. The molecule has 1 aliphatic heterocycles. The molecule has 1 aliphatic rings. The molecule has 0 saturated heterocycles. The van der Waals surface area contributed by atoms with Gasteiger partial charge in [-0.05, 0) is 46.8 Å². The van der Waals surface area contributed by atoms with Gasteiger partial charge in [-0.3, -0.25) is 0 Å². The Kier molecular flexibility index (Phi) is 7.21. The van der Waals surface area contributed by atoms with Gasteiger partial charge < -0.3 is 24.4 Å². The van der Waals surface area contributed by atoms with Crippen LogP contribution in [-0.4, -0.2) is 37.2 Å². The van der Waals surface area contributed by atoms with Crippen LogP contribution in [0.25, 0.3) is 0 Å². The number of nitrogens with one attached hydrogen (secondary N) is 1. The Morgan fingerprint density at radius 3 is 2.76 bits per heavy atom. The maximum atomic E-state index is 13.3. The molecule has 172 valence electrons. The van der Waals surface area contributed by atoms with Crippen molar-refractivity contribution < 1.29 is 28.2 Å². The van der Waals surface area contributed by atoms with Gasteiger partial charge in [0.15, 0.2) is 0 Å². The van der Waals surface area contributed by atoms with E-state index in [9.17, 15) is 14.0 Å². The van der Waals surface area contributed by atoms with Gasteiger partial charge in [0.05, 0.1) is 39.1 Å². The summed E-state index contributed by atoms with van der Waals surface area (Å²) in [4.78, 5) is 26.7. The van der Waals surface area contributed by atoms with E-state index < -0.39 is 5.97 Å². The molecule has 0 radical (unpaired) electrons. The number of hydrogen-bond acceptors (Lipinski definition) is 6. The minimum Gasteiger partial charge on any atom is -0.491 e. The third-order valence-corrected chi connectivity index (χ3v) is 5.99. The van der Waals surface area contributed by atoms with Crippen LogP contribution in [0, 0.1) is 5.82 Å². The number of nitrogens with zero attached hydrogens (tertiary/aromatic N) is 1. The van der Waals surface area contributed by atoms with Crippen molar-refractivity contribution in [1.82, 2.24) is 4.90 Å². The molecule has 0 fully saturated rings. The average Bonchev–Trinajstić information content (AvgIpc) is 3.16. The number of carbonyl (C=O) groups is 2. The molecule has 0 aliphatic carbocycles. The second-order valence-corrected chi connectivity index (χ2v) is 8.34. The second-order valence-electron chi connectivity index (χ2n) is 7.42. The molecule has 1 aromatic heterocycles. The van der Waals surface area contributed by atoms with Gasteiger partial charge in [-0.2, -0.15) is 0 Å². The normalized spacial score (nSPS) is 13.0. The monoisotopic (exact) mass is 470 g/mol. The summed E-state index contributed by atoms with van der Waals surface area (Å²) in [6.07, 6.45) is 0. The van der Waals surface area contributed by atoms with E-state index in [0.717, 1.165) is 16.7 Å². The Bertz CT molecular complexity index is 1150. The summed E-state index contributed by atoms with van der Waals surface area (Å²) in [5.41, 5.74) is 2.95. The highest BCUT2D eigenvalue weighted by Gasteiger charge is 2.22. The Labute approximate surface area is 194 Å². The first kappa shape index (κ1) is 22.8. The summed E-state index contributed by atoms with van der Waals surface area (Å²) in [5, 5.41) is 4.51. The van der Waals surface area contributed by atoms with Gasteiger partial charge in [0.1, 0.15) is 23.1 Å². The molecule has 0 bridgehead atoms. The Morgan fingerprint density at radius 1 is 1.15 bits per heavy atom. The van der Waals surface area contributed by atoms with Crippen molar-refractivity contribution in [3.8, 4) is 5.75 Å². The number of fused-ring (bicyclic) bond motifs is 1. The molecule has 7 nitrogen and oxygen atoms in total. The maximum absolute atomic E-state index is 13.3. The number of esters is 1. The number of halogens is 1. The second kappa shape index (κ2) is 10.5. The molecule has 33 heavy (non-hydrogen) atoms. The molecule has 3 aromatic rings. The van der Waals surface area contributed by atoms with Crippen LogP contribution in [0.4, 0.5) is 14.9 Å².